The van der Waals surface area contributed by atoms with Gasteiger partial charge in [-0.3, -0.25) is 0 Å². The van der Waals surface area contributed by atoms with Crippen molar-refractivity contribution in [1.82, 2.24) is 5.32 Å². The lowest BCUT2D eigenvalue weighted by Crippen LogP contribution is -2.19. The van der Waals surface area contributed by atoms with Gasteiger partial charge in [-0.2, -0.15) is 0 Å². The maximum Gasteiger partial charge on any atom is 0.123 e. The van der Waals surface area contributed by atoms with Crippen molar-refractivity contribution in [3.63, 3.8) is 0 Å². The predicted molar refractivity (Wildman–Crippen MR) is 87.4 cm³/mol. The maximum atomic E-state index is 5.52. The van der Waals surface area contributed by atoms with Crippen LogP contribution in [0.4, 0.5) is 0 Å². The molecule has 0 saturated heterocycles. The summed E-state index contributed by atoms with van der Waals surface area (Å²) in [6.45, 7) is 2.08. The van der Waals surface area contributed by atoms with Gasteiger partial charge in [-0.1, -0.05) is 40.2 Å². The SMILES string of the molecule is CNC(Cc1ccc(Br)cc1)c1ccc(C)cc1OC. The van der Waals surface area contributed by atoms with Gasteiger partial charge in [-0.05, 0) is 49.7 Å². The van der Waals surface area contributed by atoms with Crippen molar-refractivity contribution in [3.05, 3.63) is 63.6 Å². The molecule has 0 amide bonds. The van der Waals surface area contributed by atoms with Crippen LogP contribution < -0.4 is 10.1 Å². The summed E-state index contributed by atoms with van der Waals surface area (Å²) in [4.78, 5) is 0. The van der Waals surface area contributed by atoms with Crippen LogP contribution in [-0.4, -0.2) is 14.2 Å². The lowest BCUT2D eigenvalue weighted by Gasteiger charge is -2.20. The molecule has 20 heavy (non-hydrogen) atoms. The smallest absolute Gasteiger partial charge is 0.123 e. The van der Waals surface area contributed by atoms with Crippen LogP contribution in [0.15, 0.2) is 46.9 Å². The molecule has 0 radical (unpaired) electrons. The number of nitrogens with one attached hydrogen (secondary N) is 1. The van der Waals surface area contributed by atoms with E-state index in [0.717, 1.165) is 16.6 Å². The highest BCUT2D eigenvalue weighted by atomic mass is 79.9. The van der Waals surface area contributed by atoms with E-state index in [4.69, 9.17) is 4.74 Å². The third kappa shape index (κ3) is 3.62. The van der Waals surface area contributed by atoms with Gasteiger partial charge >= 0.3 is 0 Å². The number of hydrogen-bond acceptors (Lipinski definition) is 2. The van der Waals surface area contributed by atoms with Crippen LogP contribution in [0.1, 0.15) is 22.7 Å². The second-order valence-electron chi connectivity index (χ2n) is 4.92. The van der Waals surface area contributed by atoms with Gasteiger partial charge in [0.15, 0.2) is 0 Å². The van der Waals surface area contributed by atoms with Crippen LogP contribution in [0.3, 0.4) is 0 Å². The Morgan fingerprint density at radius 3 is 2.45 bits per heavy atom. The molecule has 2 nitrogen and oxygen atoms in total. The zero-order valence-electron chi connectivity index (χ0n) is 12.1. The van der Waals surface area contributed by atoms with E-state index in [1.807, 2.05) is 7.05 Å². The second kappa shape index (κ2) is 6.91. The fraction of sp³-hybridized carbons (Fsp3) is 0.294. The monoisotopic (exact) mass is 333 g/mol. The summed E-state index contributed by atoms with van der Waals surface area (Å²) in [7, 11) is 3.72. The summed E-state index contributed by atoms with van der Waals surface area (Å²) in [5.74, 6) is 0.946. The number of methoxy groups -OCH3 is 1. The summed E-state index contributed by atoms with van der Waals surface area (Å²) in [5.41, 5.74) is 3.71. The number of ether oxygens (including phenoxy) is 1. The Balaban J connectivity index is 2.26. The van der Waals surface area contributed by atoms with Gasteiger partial charge in [-0.15, -0.1) is 0 Å². The molecule has 0 fully saturated rings. The molecule has 1 atom stereocenters. The summed E-state index contributed by atoms with van der Waals surface area (Å²) >= 11 is 3.47. The number of rotatable bonds is 5. The van der Waals surface area contributed by atoms with E-state index in [-0.39, 0.29) is 6.04 Å². The molecule has 2 aromatic carbocycles. The summed E-state index contributed by atoms with van der Waals surface area (Å²) in [5, 5.41) is 3.38. The van der Waals surface area contributed by atoms with Gasteiger partial charge in [0.1, 0.15) is 5.75 Å². The first-order valence-corrected chi connectivity index (χ1v) is 7.49. The minimum absolute atomic E-state index is 0.242. The summed E-state index contributed by atoms with van der Waals surface area (Å²) < 4.78 is 6.62. The largest absolute Gasteiger partial charge is 0.496 e. The first-order chi connectivity index (χ1) is 9.63. The Morgan fingerprint density at radius 1 is 1.15 bits per heavy atom. The Labute approximate surface area is 129 Å². The second-order valence-corrected chi connectivity index (χ2v) is 5.83. The van der Waals surface area contributed by atoms with Crippen molar-refractivity contribution in [3.8, 4) is 5.75 Å². The highest BCUT2D eigenvalue weighted by Crippen LogP contribution is 2.28. The summed E-state index contributed by atoms with van der Waals surface area (Å²) in [6, 6.07) is 15.1. The third-order valence-corrected chi connectivity index (χ3v) is 3.99. The molecule has 0 heterocycles. The topological polar surface area (TPSA) is 21.3 Å². The number of benzene rings is 2. The molecule has 1 N–H and O–H groups in total. The van der Waals surface area contributed by atoms with E-state index >= 15 is 0 Å². The molecule has 2 aromatic rings. The molecule has 2 rings (SSSR count). The van der Waals surface area contributed by atoms with Gasteiger partial charge in [-0.25, -0.2) is 0 Å². The molecule has 3 heteroatoms. The Hall–Kier alpha value is -1.32. The molecule has 0 aliphatic heterocycles. The van der Waals surface area contributed by atoms with Gasteiger partial charge in [0.25, 0.3) is 0 Å². The average molecular weight is 334 g/mol. The molecule has 0 aliphatic carbocycles. The Kier molecular flexibility index (Phi) is 5.21. The lowest BCUT2D eigenvalue weighted by molar-refractivity contribution is 0.401. The van der Waals surface area contributed by atoms with E-state index in [9.17, 15) is 0 Å². The van der Waals surface area contributed by atoms with Crippen molar-refractivity contribution in [1.29, 1.82) is 0 Å². The van der Waals surface area contributed by atoms with Gasteiger partial charge in [0.2, 0.25) is 0 Å². The van der Waals surface area contributed by atoms with E-state index in [2.05, 4.69) is 70.6 Å². The highest BCUT2D eigenvalue weighted by Gasteiger charge is 2.15. The maximum absolute atomic E-state index is 5.52. The van der Waals surface area contributed by atoms with Crippen molar-refractivity contribution >= 4 is 15.9 Å². The first-order valence-electron chi connectivity index (χ1n) is 6.70. The van der Waals surface area contributed by atoms with Crippen molar-refractivity contribution < 1.29 is 4.74 Å². The van der Waals surface area contributed by atoms with E-state index < -0.39 is 0 Å². The molecule has 0 aliphatic rings. The molecule has 1 unspecified atom stereocenters. The molecule has 0 bridgehead atoms. The molecule has 0 spiro atoms. The Bertz CT molecular complexity index is 566. The van der Waals surface area contributed by atoms with Crippen LogP contribution in [0, 0.1) is 6.92 Å². The predicted octanol–water partition coefficient (Wildman–Crippen LogP) is 4.27. The van der Waals surface area contributed by atoms with E-state index in [0.29, 0.717) is 0 Å². The first kappa shape index (κ1) is 15.1. The molecule has 0 aromatic heterocycles. The van der Waals surface area contributed by atoms with Crippen LogP contribution in [0.5, 0.6) is 5.75 Å². The summed E-state index contributed by atoms with van der Waals surface area (Å²) in [6.07, 6.45) is 0.934. The van der Waals surface area contributed by atoms with Crippen LogP contribution in [0.25, 0.3) is 0 Å². The van der Waals surface area contributed by atoms with E-state index in [1.165, 1.54) is 16.7 Å². The standard InChI is InChI=1S/C17H20BrNO/c1-12-4-9-15(17(10-12)20-3)16(19-2)11-13-5-7-14(18)8-6-13/h4-10,16,19H,11H2,1-3H3. The molecule has 106 valence electrons. The fourth-order valence-electron chi connectivity index (χ4n) is 2.33. The van der Waals surface area contributed by atoms with Crippen molar-refractivity contribution in [2.45, 2.75) is 19.4 Å². The van der Waals surface area contributed by atoms with Gasteiger partial charge in [0, 0.05) is 16.1 Å². The number of hydrogen-bond donors (Lipinski definition) is 1. The lowest BCUT2D eigenvalue weighted by atomic mass is 9.97. The molecular formula is C17H20BrNO. The van der Waals surface area contributed by atoms with Crippen LogP contribution in [0.2, 0.25) is 0 Å². The number of likely N-dealkylation sites (N-methyl/N-ethyl adjacent to an activating group) is 1. The van der Waals surface area contributed by atoms with Crippen LogP contribution in [-0.2, 0) is 6.42 Å². The zero-order valence-corrected chi connectivity index (χ0v) is 13.7. The highest BCUT2D eigenvalue weighted by molar-refractivity contribution is 9.10. The van der Waals surface area contributed by atoms with Gasteiger partial charge < -0.3 is 10.1 Å². The van der Waals surface area contributed by atoms with E-state index in [1.54, 1.807) is 7.11 Å². The van der Waals surface area contributed by atoms with Crippen molar-refractivity contribution in [2.24, 2.45) is 0 Å². The molecule has 0 saturated carbocycles. The number of aryl methyl sites for hydroxylation is 1. The normalized spacial score (nSPS) is 12.2. The fourth-order valence-corrected chi connectivity index (χ4v) is 2.59. The minimum atomic E-state index is 0.242. The quantitative estimate of drug-likeness (QED) is 0.882. The number of halogens is 1. The third-order valence-electron chi connectivity index (χ3n) is 3.47. The zero-order chi connectivity index (χ0) is 14.5. The van der Waals surface area contributed by atoms with Gasteiger partial charge in [0.05, 0.1) is 7.11 Å². The average Bonchev–Trinajstić information content (AvgIpc) is 2.47. The minimum Gasteiger partial charge on any atom is -0.496 e. The van der Waals surface area contributed by atoms with Crippen LogP contribution >= 0.6 is 15.9 Å². The Morgan fingerprint density at radius 2 is 1.85 bits per heavy atom. The van der Waals surface area contributed by atoms with Crippen molar-refractivity contribution in [2.75, 3.05) is 14.2 Å². The molecular weight excluding hydrogens is 314 g/mol.